The normalized spacial score (nSPS) is 11.3. The van der Waals surface area contributed by atoms with Gasteiger partial charge in [0.15, 0.2) is 0 Å². The molecule has 4 N–H and O–H groups in total. The molecule has 0 fully saturated rings. The van der Waals surface area contributed by atoms with E-state index < -0.39 is 5.97 Å². The summed E-state index contributed by atoms with van der Waals surface area (Å²) in [4.78, 5) is 11.4. The highest BCUT2D eigenvalue weighted by atomic mass is 16.5. The number of nitrogens with two attached hydrogens (primary N) is 2. The molecule has 0 atom stereocenters. The zero-order valence-corrected chi connectivity index (χ0v) is 10.8. The van der Waals surface area contributed by atoms with Crippen molar-refractivity contribution in [3.63, 3.8) is 0 Å². The van der Waals surface area contributed by atoms with Crippen molar-refractivity contribution in [2.24, 2.45) is 0 Å². The van der Waals surface area contributed by atoms with Crippen LogP contribution in [0.5, 0.6) is 0 Å². The molecule has 1 aromatic carbocycles. The number of anilines is 2. The third-order valence-corrected chi connectivity index (χ3v) is 3.18. The van der Waals surface area contributed by atoms with Crippen molar-refractivity contribution in [3.8, 4) is 0 Å². The van der Waals surface area contributed by atoms with Crippen LogP contribution in [0.15, 0.2) is 12.1 Å². The van der Waals surface area contributed by atoms with Gasteiger partial charge in [0.05, 0.1) is 12.7 Å². The van der Waals surface area contributed by atoms with E-state index in [9.17, 15) is 4.79 Å². The van der Waals surface area contributed by atoms with Crippen molar-refractivity contribution in [3.05, 3.63) is 23.3 Å². The van der Waals surface area contributed by atoms with Crippen LogP contribution in [0, 0.1) is 0 Å². The summed E-state index contributed by atoms with van der Waals surface area (Å²) in [7, 11) is 1.33. The summed E-state index contributed by atoms with van der Waals surface area (Å²) < 4.78 is 4.65. The smallest absolute Gasteiger partial charge is 0.337 e. The predicted molar refractivity (Wildman–Crippen MR) is 69.9 cm³/mol. The van der Waals surface area contributed by atoms with E-state index in [0.29, 0.717) is 16.9 Å². The van der Waals surface area contributed by atoms with Crippen LogP contribution in [0.3, 0.4) is 0 Å². The lowest BCUT2D eigenvalue weighted by Crippen LogP contribution is -2.20. The highest BCUT2D eigenvalue weighted by molar-refractivity contribution is 5.92. The average Bonchev–Trinajstić information content (AvgIpc) is 2.26. The van der Waals surface area contributed by atoms with Crippen LogP contribution >= 0.6 is 0 Å². The Morgan fingerprint density at radius 2 is 1.76 bits per heavy atom. The van der Waals surface area contributed by atoms with Gasteiger partial charge < -0.3 is 16.2 Å². The van der Waals surface area contributed by atoms with Crippen LogP contribution in [0.25, 0.3) is 0 Å². The number of hydrogen-bond donors (Lipinski definition) is 2. The second kappa shape index (κ2) is 4.65. The van der Waals surface area contributed by atoms with Crippen LogP contribution < -0.4 is 11.5 Å². The quantitative estimate of drug-likeness (QED) is 0.623. The molecule has 1 aromatic rings. The Morgan fingerprint density at radius 3 is 2.12 bits per heavy atom. The zero-order chi connectivity index (χ0) is 13.2. The van der Waals surface area contributed by atoms with Crippen LogP contribution in [-0.4, -0.2) is 13.1 Å². The van der Waals surface area contributed by atoms with E-state index in [-0.39, 0.29) is 5.41 Å². The second-order valence-corrected chi connectivity index (χ2v) is 4.76. The molecule has 4 nitrogen and oxygen atoms in total. The molecule has 0 aliphatic carbocycles. The monoisotopic (exact) mass is 236 g/mol. The third kappa shape index (κ3) is 2.52. The molecule has 0 aliphatic heterocycles. The highest BCUT2D eigenvalue weighted by Gasteiger charge is 2.24. The number of carbonyl (C=O) groups is 1. The van der Waals surface area contributed by atoms with Crippen LogP contribution in [0.2, 0.25) is 0 Å². The molecule has 94 valence electrons. The fraction of sp³-hybridized carbons (Fsp3) is 0.462. The van der Waals surface area contributed by atoms with E-state index in [4.69, 9.17) is 11.5 Å². The summed E-state index contributed by atoms with van der Waals surface area (Å²) in [6.45, 7) is 6.23. The number of nitrogen functional groups attached to an aromatic ring is 2. The molecule has 0 spiro atoms. The van der Waals surface area contributed by atoms with Crippen molar-refractivity contribution in [2.75, 3.05) is 18.6 Å². The van der Waals surface area contributed by atoms with E-state index >= 15 is 0 Å². The van der Waals surface area contributed by atoms with E-state index in [1.165, 1.54) is 7.11 Å². The Bertz CT molecular complexity index is 416. The summed E-state index contributed by atoms with van der Waals surface area (Å²) in [6, 6.07) is 3.24. The zero-order valence-electron chi connectivity index (χ0n) is 10.8. The first-order valence-electron chi connectivity index (χ1n) is 5.61. The summed E-state index contributed by atoms with van der Waals surface area (Å²) in [6.07, 6.45) is 0.916. The van der Waals surface area contributed by atoms with Gasteiger partial charge in [0.1, 0.15) is 0 Å². The summed E-state index contributed by atoms with van der Waals surface area (Å²) >= 11 is 0. The van der Waals surface area contributed by atoms with Gasteiger partial charge in [0.2, 0.25) is 0 Å². The molecule has 0 saturated carbocycles. The Hall–Kier alpha value is -1.71. The first kappa shape index (κ1) is 13.4. The standard InChI is InChI=1S/C13H20N2O2/c1-5-13(2,3)11-9(14)6-8(7-10(11)15)12(16)17-4/h6-7H,5,14-15H2,1-4H3. The lowest BCUT2D eigenvalue weighted by atomic mass is 9.80. The Balaban J connectivity index is 3.34. The molecule has 0 amide bonds. The van der Waals surface area contributed by atoms with Crippen LogP contribution in [0.1, 0.15) is 43.1 Å². The molecular formula is C13H20N2O2. The maximum Gasteiger partial charge on any atom is 0.337 e. The first-order chi connectivity index (χ1) is 7.83. The van der Waals surface area contributed by atoms with Crippen molar-refractivity contribution < 1.29 is 9.53 Å². The van der Waals surface area contributed by atoms with Gasteiger partial charge in [-0.3, -0.25) is 0 Å². The lowest BCUT2D eigenvalue weighted by Gasteiger charge is -2.27. The molecule has 0 aliphatic rings. The second-order valence-electron chi connectivity index (χ2n) is 4.76. The van der Waals surface area contributed by atoms with Crippen LogP contribution in [0.4, 0.5) is 11.4 Å². The van der Waals surface area contributed by atoms with Gasteiger partial charge in [-0.1, -0.05) is 20.8 Å². The van der Waals surface area contributed by atoms with Gasteiger partial charge in [-0.2, -0.15) is 0 Å². The molecule has 0 unspecified atom stereocenters. The topological polar surface area (TPSA) is 78.3 Å². The highest BCUT2D eigenvalue weighted by Crippen LogP contribution is 2.36. The average molecular weight is 236 g/mol. The molecule has 0 bridgehead atoms. The Labute approximate surface area is 102 Å². The molecule has 0 aromatic heterocycles. The van der Waals surface area contributed by atoms with Crippen LogP contribution in [-0.2, 0) is 10.2 Å². The van der Waals surface area contributed by atoms with E-state index in [0.717, 1.165) is 12.0 Å². The maximum atomic E-state index is 11.4. The van der Waals surface area contributed by atoms with Gasteiger partial charge >= 0.3 is 5.97 Å². The summed E-state index contributed by atoms with van der Waals surface area (Å²) in [5.74, 6) is -0.427. The Kier molecular flexibility index (Phi) is 3.66. The van der Waals surface area contributed by atoms with E-state index in [1.54, 1.807) is 12.1 Å². The fourth-order valence-electron chi connectivity index (χ4n) is 1.88. The first-order valence-corrected chi connectivity index (χ1v) is 5.61. The van der Waals surface area contributed by atoms with Crippen molar-refractivity contribution in [2.45, 2.75) is 32.6 Å². The summed E-state index contributed by atoms with van der Waals surface area (Å²) in [5, 5.41) is 0. The van der Waals surface area contributed by atoms with Crippen molar-refractivity contribution >= 4 is 17.3 Å². The van der Waals surface area contributed by atoms with Gasteiger partial charge in [-0.05, 0) is 24.0 Å². The third-order valence-electron chi connectivity index (χ3n) is 3.18. The van der Waals surface area contributed by atoms with Gasteiger partial charge in [0.25, 0.3) is 0 Å². The molecule has 17 heavy (non-hydrogen) atoms. The lowest BCUT2D eigenvalue weighted by molar-refractivity contribution is 0.0601. The number of ether oxygens (including phenoxy) is 1. The molecule has 1 rings (SSSR count). The minimum Gasteiger partial charge on any atom is -0.465 e. The minimum absolute atomic E-state index is 0.108. The minimum atomic E-state index is -0.427. The largest absolute Gasteiger partial charge is 0.465 e. The van der Waals surface area contributed by atoms with Crippen molar-refractivity contribution in [1.82, 2.24) is 0 Å². The molecular weight excluding hydrogens is 216 g/mol. The van der Waals surface area contributed by atoms with Crippen molar-refractivity contribution in [1.29, 1.82) is 0 Å². The van der Waals surface area contributed by atoms with E-state index in [1.807, 2.05) is 0 Å². The molecule has 0 heterocycles. The number of carbonyl (C=O) groups excluding carboxylic acids is 1. The van der Waals surface area contributed by atoms with E-state index in [2.05, 4.69) is 25.5 Å². The predicted octanol–water partition coefficient (Wildman–Crippen LogP) is 2.33. The number of esters is 1. The molecule has 0 saturated heterocycles. The molecule has 4 heteroatoms. The maximum absolute atomic E-state index is 11.4. The molecule has 0 radical (unpaired) electrons. The van der Waals surface area contributed by atoms with Gasteiger partial charge in [0, 0.05) is 16.9 Å². The number of benzene rings is 1. The van der Waals surface area contributed by atoms with Gasteiger partial charge in [-0.25, -0.2) is 4.79 Å². The number of hydrogen-bond acceptors (Lipinski definition) is 4. The summed E-state index contributed by atoms with van der Waals surface area (Å²) in [5.41, 5.74) is 14.2. The number of rotatable bonds is 3. The fourth-order valence-corrected chi connectivity index (χ4v) is 1.88. The SMILES string of the molecule is CCC(C)(C)c1c(N)cc(C(=O)OC)cc1N. The number of methoxy groups -OCH3 is 1. The van der Waals surface area contributed by atoms with Gasteiger partial charge in [-0.15, -0.1) is 0 Å². The Morgan fingerprint density at radius 1 is 1.29 bits per heavy atom.